The van der Waals surface area contributed by atoms with Crippen LogP contribution in [0.5, 0.6) is 5.75 Å². The Balaban J connectivity index is 2.07. The number of pyridine rings is 2. The Morgan fingerprint density at radius 1 is 1.29 bits per heavy atom. The van der Waals surface area contributed by atoms with E-state index in [1.807, 2.05) is 6.92 Å². The highest BCUT2D eigenvalue weighted by atomic mass is 19.1. The number of nitrogens with zero attached hydrogens (tertiary/aromatic N) is 2. The molecule has 0 saturated heterocycles. The summed E-state index contributed by atoms with van der Waals surface area (Å²) < 4.78 is 32.0. The van der Waals surface area contributed by atoms with E-state index >= 15 is 0 Å². The summed E-state index contributed by atoms with van der Waals surface area (Å²) in [5.41, 5.74) is 1.00. The van der Waals surface area contributed by atoms with Crippen LogP contribution in [0.4, 0.5) is 13.6 Å². The van der Waals surface area contributed by atoms with E-state index in [0.717, 1.165) is 0 Å². The second kappa shape index (κ2) is 9.43. The fraction of sp³-hybridized carbons (Fsp3) is 0.450. The lowest BCUT2D eigenvalue weighted by Gasteiger charge is -2.28. The summed E-state index contributed by atoms with van der Waals surface area (Å²) in [4.78, 5) is 19.0. The Hall–Kier alpha value is -2.77. The first kappa shape index (κ1) is 21.5. The van der Waals surface area contributed by atoms with E-state index in [1.54, 1.807) is 38.1 Å². The average Bonchev–Trinajstić information content (AvgIpc) is 2.64. The molecule has 8 heteroatoms. The molecule has 0 saturated carbocycles. The zero-order valence-electron chi connectivity index (χ0n) is 16.2. The van der Waals surface area contributed by atoms with Crippen LogP contribution in [0, 0.1) is 5.92 Å². The lowest BCUT2D eigenvalue weighted by molar-refractivity contribution is 0.169. The second-order valence-electron chi connectivity index (χ2n) is 7.38. The van der Waals surface area contributed by atoms with Crippen LogP contribution >= 0.6 is 0 Å². The van der Waals surface area contributed by atoms with Crippen molar-refractivity contribution < 1.29 is 23.4 Å². The Morgan fingerprint density at radius 3 is 2.68 bits per heavy atom. The van der Waals surface area contributed by atoms with Gasteiger partial charge in [0.25, 0.3) is 0 Å². The highest BCUT2D eigenvalue weighted by Gasteiger charge is 2.23. The van der Waals surface area contributed by atoms with E-state index < -0.39 is 25.0 Å². The summed E-state index contributed by atoms with van der Waals surface area (Å²) >= 11 is 0. The van der Waals surface area contributed by atoms with Gasteiger partial charge < -0.3 is 15.2 Å². The summed E-state index contributed by atoms with van der Waals surface area (Å²) in [5, 5.41) is 11.3. The maximum absolute atomic E-state index is 13.5. The Morgan fingerprint density at radius 2 is 2.04 bits per heavy atom. The predicted octanol–water partition coefficient (Wildman–Crippen LogP) is 4.53. The van der Waals surface area contributed by atoms with E-state index in [2.05, 4.69) is 15.3 Å². The van der Waals surface area contributed by atoms with Crippen molar-refractivity contribution in [3.63, 3.8) is 0 Å². The Bertz CT molecular complexity index is 815. The zero-order chi connectivity index (χ0) is 20.7. The molecule has 2 rings (SSSR count). The molecule has 2 N–H and O–H groups in total. The predicted molar refractivity (Wildman–Crippen MR) is 102 cm³/mol. The molecular weight excluding hydrogens is 368 g/mol. The Labute approximate surface area is 163 Å². The van der Waals surface area contributed by atoms with Crippen LogP contribution in [-0.4, -0.2) is 33.3 Å². The quantitative estimate of drug-likeness (QED) is 0.654. The summed E-state index contributed by atoms with van der Waals surface area (Å²) in [6.07, 6.45) is 0.961. The van der Waals surface area contributed by atoms with Gasteiger partial charge in [-0.3, -0.25) is 4.98 Å². The number of ether oxygens (including phenoxy) is 1. The van der Waals surface area contributed by atoms with Crippen LogP contribution in [0.1, 0.15) is 38.6 Å². The molecule has 0 radical (unpaired) electrons. The van der Waals surface area contributed by atoms with Gasteiger partial charge in [0, 0.05) is 17.3 Å². The third-order valence-corrected chi connectivity index (χ3v) is 4.14. The molecule has 0 aliphatic heterocycles. The largest absolute Gasteiger partial charge is 0.491 e. The van der Waals surface area contributed by atoms with Gasteiger partial charge in [-0.05, 0) is 50.5 Å². The molecule has 0 aromatic carbocycles. The molecule has 2 aromatic heterocycles. The molecule has 0 aliphatic carbocycles. The summed E-state index contributed by atoms with van der Waals surface area (Å²) in [6, 6.07) is 6.58. The summed E-state index contributed by atoms with van der Waals surface area (Å²) in [5.74, 6) is 0.364. The van der Waals surface area contributed by atoms with E-state index in [-0.39, 0.29) is 17.3 Å². The average molecular weight is 393 g/mol. The number of amides is 1. The van der Waals surface area contributed by atoms with Gasteiger partial charge in [-0.15, -0.1) is 0 Å². The van der Waals surface area contributed by atoms with Crippen LogP contribution < -0.4 is 10.1 Å². The lowest BCUT2D eigenvalue weighted by Crippen LogP contribution is -2.44. The zero-order valence-corrected chi connectivity index (χ0v) is 16.2. The maximum atomic E-state index is 13.5. The first-order valence-corrected chi connectivity index (χ1v) is 8.95. The van der Waals surface area contributed by atoms with Gasteiger partial charge in [-0.2, -0.15) is 0 Å². The minimum Gasteiger partial charge on any atom is -0.491 e. The molecule has 2 aromatic rings. The monoisotopic (exact) mass is 393 g/mol. The molecule has 1 amide bonds. The van der Waals surface area contributed by atoms with Crippen molar-refractivity contribution >= 4 is 6.09 Å². The number of carbonyl (C=O) groups is 1. The van der Waals surface area contributed by atoms with Crippen molar-refractivity contribution in [3.8, 4) is 17.0 Å². The van der Waals surface area contributed by atoms with Gasteiger partial charge in [0.1, 0.15) is 24.8 Å². The molecular formula is C20H25F2N3O3. The number of carboxylic acid groups (broad SMARTS) is 1. The number of alkyl halides is 2. The van der Waals surface area contributed by atoms with Crippen molar-refractivity contribution in [1.29, 1.82) is 0 Å². The minimum atomic E-state index is -1.08. The molecule has 2 heterocycles. The van der Waals surface area contributed by atoms with Gasteiger partial charge in [0.15, 0.2) is 0 Å². The number of nitrogens with one attached hydrogen (secondary N) is 1. The van der Waals surface area contributed by atoms with Crippen molar-refractivity contribution in [2.75, 3.05) is 6.61 Å². The van der Waals surface area contributed by atoms with E-state index in [1.165, 1.54) is 6.20 Å². The molecule has 152 valence electrons. The van der Waals surface area contributed by atoms with Crippen LogP contribution in [0.3, 0.4) is 0 Å². The smallest absolute Gasteiger partial charge is 0.405 e. The number of hydrogen-bond acceptors (Lipinski definition) is 4. The van der Waals surface area contributed by atoms with E-state index in [0.29, 0.717) is 30.0 Å². The fourth-order valence-corrected chi connectivity index (χ4v) is 3.09. The van der Waals surface area contributed by atoms with E-state index in [4.69, 9.17) is 9.84 Å². The summed E-state index contributed by atoms with van der Waals surface area (Å²) in [6.45, 7) is 4.32. The number of halogens is 2. The van der Waals surface area contributed by atoms with Crippen molar-refractivity contribution in [3.05, 3.63) is 41.9 Å². The van der Waals surface area contributed by atoms with Gasteiger partial charge in [0.05, 0.1) is 18.0 Å². The molecule has 0 fully saturated rings. The highest BCUT2D eigenvalue weighted by Crippen LogP contribution is 2.26. The third kappa shape index (κ3) is 6.14. The number of rotatable bonds is 9. The van der Waals surface area contributed by atoms with E-state index in [9.17, 15) is 13.6 Å². The molecule has 0 bridgehead atoms. The van der Waals surface area contributed by atoms with Crippen LogP contribution in [0.2, 0.25) is 0 Å². The normalized spacial score (nSPS) is 12.5. The molecule has 1 atom stereocenters. The van der Waals surface area contributed by atoms with Gasteiger partial charge >= 0.3 is 6.09 Å². The van der Waals surface area contributed by atoms with Crippen LogP contribution in [-0.2, 0) is 13.3 Å². The number of hydrogen-bond donors (Lipinski definition) is 2. The van der Waals surface area contributed by atoms with Gasteiger partial charge in [0.2, 0.25) is 0 Å². The summed E-state index contributed by atoms with van der Waals surface area (Å²) in [7, 11) is 0. The SMILES string of the molecule is C[C@H](COc1ccc(-c2ccnc(CF)c2)nc1CF)CC(C)(C)NC(=O)O. The fourth-order valence-electron chi connectivity index (χ4n) is 3.09. The lowest BCUT2D eigenvalue weighted by atomic mass is 9.92. The molecule has 0 unspecified atom stereocenters. The minimum absolute atomic E-state index is 0.0290. The molecule has 0 aliphatic rings. The highest BCUT2D eigenvalue weighted by molar-refractivity contribution is 5.65. The van der Waals surface area contributed by atoms with Gasteiger partial charge in [-0.1, -0.05) is 6.92 Å². The second-order valence-corrected chi connectivity index (χ2v) is 7.38. The Kier molecular flexibility index (Phi) is 7.25. The number of aromatic nitrogens is 2. The van der Waals surface area contributed by atoms with Gasteiger partial charge in [-0.25, -0.2) is 18.6 Å². The molecule has 6 nitrogen and oxygen atoms in total. The third-order valence-electron chi connectivity index (χ3n) is 4.14. The van der Waals surface area contributed by atoms with Crippen LogP contribution in [0.25, 0.3) is 11.3 Å². The van der Waals surface area contributed by atoms with Crippen molar-refractivity contribution in [2.45, 2.75) is 46.1 Å². The molecule has 0 spiro atoms. The topological polar surface area (TPSA) is 84.3 Å². The first-order chi connectivity index (χ1) is 13.2. The van der Waals surface area contributed by atoms with Crippen molar-refractivity contribution in [1.82, 2.24) is 15.3 Å². The first-order valence-electron chi connectivity index (χ1n) is 8.95. The molecule has 28 heavy (non-hydrogen) atoms. The maximum Gasteiger partial charge on any atom is 0.405 e. The standard InChI is InChI=1S/C20H25F2N3O3/c1-13(9-20(2,3)25-19(26)27)12-28-18-5-4-16(24-17(18)11-22)14-6-7-23-15(8-14)10-21/h4-8,13,25H,9-12H2,1-3H3,(H,26,27)/t13-/m0/s1. The van der Waals surface area contributed by atoms with Crippen molar-refractivity contribution in [2.24, 2.45) is 5.92 Å². The van der Waals surface area contributed by atoms with Crippen LogP contribution in [0.15, 0.2) is 30.5 Å².